The molecule has 8 heteroatoms. The van der Waals surface area contributed by atoms with Gasteiger partial charge in [0.1, 0.15) is 5.75 Å². The maximum Gasteiger partial charge on any atom is 0.387 e. The van der Waals surface area contributed by atoms with Crippen LogP contribution in [0.1, 0.15) is 57.8 Å². The SMILES string of the molecule is O=S(=O)(c1ccc(OC(F)F)cc1)N1C2CCC1CC(N1C3CCCC1CC3)C2. The molecule has 0 amide bonds. The molecule has 29 heavy (non-hydrogen) atoms. The minimum Gasteiger partial charge on any atom is -0.435 e. The van der Waals surface area contributed by atoms with Gasteiger partial charge in [0.15, 0.2) is 0 Å². The van der Waals surface area contributed by atoms with E-state index in [4.69, 9.17) is 0 Å². The first kappa shape index (κ1) is 19.7. The first-order valence-electron chi connectivity index (χ1n) is 10.8. The fourth-order valence-corrected chi connectivity index (χ4v) is 8.30. The van der Waals surface area contributed by atoms with Gasteiger partial charge in [0.2, 0.25) is 10.0 Å². The molecular formula is C21H28F2N2O3S. The number of piperidine rings is 2. The van der Waals surface area contributed by atoms with Crippen molar-refractivity contribution < 1.29 is 21.9 Å². The van der Waals surface area contributed by atoms with Crippen molar-refractivity contribution in [3.8, 4) is 5.75 Å². The van der Waals surface area contributed by atoms with Crippen LogP contribution in [-0.4, -0.2) is 54.4 Å². The maximum absolute atomic E-state index is 13.3. The van der Waals surface area contributed by atoms with E-state index in [1.165, 1.54) is 56.4 Å². The number of benzene rings is 1. The van der Waals surface area contributed by atoms with E-state index in [1.54, 1.807) is 4.31 Å². The highest BCUT2D eigenvalue weighted by atomic mass is 32.2. The van der Waals surface area contributed by atoms with Crippen molar-refractivity contribution in [3.05, 3.63) is 24.3 Å². The fourth-order valence-electron chi connectivity index (χ4n) is 6.41. The Labute approximate surface area is 171 Å². The molecule has 160 valence electrons. The predicted molar refractivity (Wildman–Crippen MR) is 104 cm³/mol. The summed E-state index contributed by atoms with van der Waals surface area (Å²) in [6.07, 6.45) is 10.2. The molecule has 1 aromatic rings. The summed E-state index contributed by atoms with van der Waals surface area (Å²) in [5.74, 6) is -0.0267. The molecule has 0 spiro atoms. The van der Waals surface area contributed by atoms with Crippen LogP contribution in [0.15, 0.2) is 29.2 Å². The van der Waals surface area contributed by atoms with Gasteiger partial charge in [-0.3, -0.25) is 4.90 Å². The molecule has 4 atom stereocenters. The molecule has 0 saturated carbocycles. The first-order valence-corrected chi connectivity index (χ1v) is 12.2. The van der Waals surface area contributed by atoms with E-state index in [-0.39, 0.29) is 22.7 Å². The Bertz CT molecular complexity index is 818. The Kier molecular flexibility index (Phi) is 5.07. The van der Waals surface area contributed by atoms with Crippen LogP contribution in [0.25, 0.3) is 0 Å². The second-order valence-electron chi connectivity index (χ2n) is 8.96. The molecule has 0 radical (unpaired) electrons. The van der Waals surface area contributed by atoms with Crippen molar-refractivity contribution in [1.82, 2.24) is 9.21 Å². The number of halogens is 2. The maximum atomic E-state index is 13.3. The summed E-state index contributed by atoms with van der Waals surface area (Å²) in [5, 5.41) is 0. The zero-order chi connectivity index (χ0) is 20.2. The van der Waals surface area contributed by atoms with Crippen molar-refractivity contribution in [2.45, 2.75) is 99.5 Å². The third-order valence-electron chi connectivity index (χ3n) is 7.44. The van der Waals surface area contributed by atoms with Crippen molar-refractivity contribution in [2.24, 2.45) is 0 Å². The average Bonchev–Trinajstić information content (AvgIpc) is 3.11. The van der Waals surface area contributed by atoms with Gasteiger partial charge in [-0.2, -0.15) is 13.1 Å². The highest BCUT2D eigenvalue weighted by molar-refractivity contribution is 7.89. The Hall–Kier alpha value is -1.25. The summed E-state index contributed by atoms with van der Waals surface area (Å²) < 4.78 is 57.4. The molecule has 4 fully saturated rings. The first-order chi connectivity index (χ1) is 13.9. The van der Waals surface area contributed by atoms with E-state index in [2.05, 4.69) is 9.64 Å². The highest BCUT2D eigenvalue weighted by Crippen LogP contribution is 2.46. The monoisotopic (exact) mass is 426 g/mol. The molecule has 5 rings (SSSR count). The number of sulfonamides is 1. The van der Waals surface area contributed by atoms with Crippen molar-refractivity contribution in [2.75, 3.05) is 0 Å². The summed E-state index contributed by atoms with van der Waals surface area (Å²) >= 11 is 0. The Morgan fingerprint density at radius 2 is 1.38 bits per heavy atom. The van der Waals surface area contributed by atoms with Crippen LogP contribution in [0, 0.1) is 0 Å². The van der Waals surface area contributed by atoms with Crippen molar-refractivity contribution in [3.63, 3.8) is 0 Å². The van der Waals surface area contributed by atoms with Crippen LogP contribution in [0.4, 0.5) is 8.78 Å². The molecule has 4 heterocycles. The van der Waals surface area contributed by atoms with E-state index in [0.29, 0.717) is 18.1 Å². The minimum atomic E-state index is -3.64. The van der Waals surface area contributed by atoms with Gasteiger partial charge in [-0.05, 0) is 75.6 Å². The molecule has 4 unspecified atom stereocenters. The summed E-state index contributed by atoms with van der Waals surface area (Å²) in [6, 6.07) is 7.35. The lowest BCUT2D eigenvalue weighted by atomic mass is 9.92. The molecule has 5 nitrogen and oxygen atoms in total. The van der Waals surface area contributed by atoms with Crippen LogP contribution in [0.3, 0.4) is 0 Å². The summed E-state index contributed by atoms with van der Waals surface area (Å²) in [5.41, 5.74) is 0. The van der Waals surface area contributed by atoms with Crippen LogP contribution >= 0.6 is 0 Å². The number of nitrogens with zero attached hydrogens (tertiary/aromatic N) is 2. The number of hydrogen-bond acceptors (Lipinski definition) is 4. The van der Waals surface area contributed by atoms with Gasteiger partial charge in [-0.1, -0.05) is 6.42 Å². The van der Waals surface area contributed by atoms with E-state index in [1.807, 2.05) is 0 Å². The second-order valence-corrected chi connectivity index (χ2v) is 10.8. The van der Waals surface area contributed by atoms with E-state index >= 15 is 0 Å². The molecule has 1 aromatic carbocycles. The third kappa shape index (κ3) is 3.47. The topological polar surface area (TPSA) is 49.9 Å². The fraction of sp³-hybridized carbons (Fsp3) is 0.714. The lowest BCUT2D eigenvalue weighted by Crippen LogP contribution is -2.55. The summed E-state index contributed by atoms with van der Waals surface area (Å²) in [6.45, 7) is -2.92. The molecule has 0 aliphatic carbocycles. The van der Waals surface area contributed by atoms with E-state index < -0.39 is 16.6 Å². The lowest BCUT2D eigenvalue weighted by Gasteiger charge is -2.47. The molecule has 4 bridgehead atoms. The Morgan fingerprint density at radius 1 is 0.828 bits per heavy atom. The van der Waals surface area contributed by atoms with Crippen LogP contribution < -0.4 is 4.74 Å². The minimum absolute atomic E-state index is 0.0267. The molecule has 4 saturated heterocycles. The van der Waals surface area contributed by atoms with Gasteiger partial charge >= 0.3 is 6.61 Å². The van der Waals surface area contributed by atoms with Gasteiger partial charge in [-0.15, -0.1) is 0 Å². The number of hydrogen-bond donors (Lipinski definition) is 0. The van der Waals surface area contributed by atoms with Crippen molar-refractivity contribution in [1.29, 1.82) is 0 Å². The zero-order valence-electron chi connectivity index (χ0n) is 16.4. The van der Waals surface area contributed by atoms with Gasteiger partial charge in [0.25, 0.3) is 0 Å². The smallest absolute Gasteiger partial charge is 0.387 e. The summed E-state index contributed by atoms with van der Waals surface area (Å²) in [7, 11) is -3.64. The van der Waals surface area contributed by atoms with E-state index in [0.717, 1.165) is 25.7 Å². The highest BCUT2D eigenvalue weighted by Gasteiger charge is 2.51. The number of rotatable bonds is 5. The molecule has 0 N–H and O–H groups in total. The molecule has 0 aromatic heterocycles. The zero-order valence-corrected chi connectivity index (χ0v) is 17.2. The van der Waals surface area contributed by atoms with Crippen LogP contribution in [0.2, 0.25) is 0 Å². The van der Waals surface area contributed by atoms with Gasteiger partial charge in [0.05, 0.1) is 4.90 Å². The normalized spacial score (nSPS) is 35.3. The van der Waals surface area contributed by atoms with Gasteiger partial charge in [-0.25, -0.2) is 8.42 Å². The summed E-state index contributed by atoms with van der Waals surface area (Å²) in [4.78, 5) is 2.91. The number of alkyl halides is 2. The lowest BCUT2D eigenvalue weighted by molar-refractivity contribution is -0.0498. The predicted octanol–water partition coefficient (Wildman–Crippen LogP) is 3.99. The average molecular weight is 427 g/mol. The second kappa shape index (κ2) is 7.46. The largest absolute Gasteiger partial charge is 0.435 e. The number of fused-ring (bicyclic) bond motifs is 4. The van der Waals surface area contributed by atoms with Gasteiger partial charge < -0.3 is 4.74 Å². The Morgan fingerprint density at radius 3 is 1.93 bits per heavy atom. The molecular weight excluding hydrogens is 398 g/mol. The van der Waals surface area contributed by atoms with E-state index in [9.17, 15) is 17.2 Å². The number of ether oxygens (including phenoxy) is 1. The third-order valence-corrected chi connectivity index (χ3v) is 9.46. The molecule has 4 aliphatic heterocycles. The van der Waals surface area contributed by atoms with Gasteiger partial charge in [0, 0.05) is 30.2 Å². The van der Waals surface area contributed by atoms with Crippen molar-refractivity contribution >= 4 is 10.0 Å². The standard InChI is InChI=1S/C21H28F2N2O3S/c22-21(23)28-19-8-10-20(11-9-19)29(26,27)25-16-6-7-17(25)13-18(12-16)24-14-2-1-3-15(24)5-4-14/h8-11,14-18,21H,1-7,12-13H2. The van der Waals surface area contributed by atoms with Crippen LogP contribution in [0.5, 0.6) is 5.75 Å². The van der Waals surface area contributed by atoms with Crippen LogP contribution in [-0.2, 0) is 10.0 Å². The Balaban J connectivity index is 1.33. The molecule has 4 aliphatic rings. The quantitative estimate of drug-likeness (QED) is 0.715.